The molecule has 1 amide bonds. The second kappa shape index (κ2) is 9.03. The largest absolute Gasteiger partial charge is 0.352 e. The topological polar surface area (TPSA) is 92.2 Å². The van der Waals surface area contributed by atoms with E-state index in [1.54, 1.807) is 16.8 Å². The van der Waals surface area contributed by atoms with Crippen LogP contribution in [0.1, 0.15) is 61.9 Å². The fourth-order valence-electron chi connectivity index (χ4n) is 3.60. The van der Waals surface area contributed by atoms with E-state index in [9.17, 15) is 9.59 Å². The van der Waals surface area contributed by atoms with Crippen LogP contribution in [-0.2, 0) is 6.54 Å². The van der Waals surface area contributed by atoms with Crippen LogP contribution in [0.3, 0.4) is 0 Å². The molecule has 3 rings (SSSR count). The van der Waals surface area contributed by atoms with Gasteiger partial charge < -0.3 is 9.88 Å². The molecule has 3 heterocycles. The van der Waals surface area contributed by atoms with Crippen LogP contribution in [0.5, 0.6) is 0 Å². The lowest BCUT2D eigenvalue weighted by Crippen LogP contribution is -2.35. The Morgan fingerprint density at radius 2 is 1.93 bits per heavy atom. The number of nitrogens with zero attached hydrogens (tertiary/aromatic N) is 3. The van der Waals surface area contributed by atoms with Crippen molar-refractivity contribution in [2.45, 2.75) is 59.4 Å². The summed E-state index contributed by atoms with van der Waals surface area (Å²) >= 11 is 0. The minimum absolute atomic E-state index is 0.0771. The highest BCUT2D eigenvalue weighted by molar-refractivity contribution is 5.96. The van der Waals surface area contributed by atoms with Gasteiger partial charge in [0.15, 0.2) is 0 Å². The number of nitrogens with one attached hydrogen (secondary N) is 2. The van der Waals surface area contributed by atoms with Gasteiger partial charge in [0, 0.05) is 19.3 Å². The molecule has 0 saturated heterocycles. The quantitative estimate of drug-likeness (QED) is 0.453. The monoisotopic (exact) mass is 395 g/mol. The number of amides is 1. The van der Waals surface area contributed by atoms with E-state index in [4.69, 9.17) is 5.41 Å². The molecule has 0 aliphatic carbocycles. The molecule has 0 bridgehead atoms. The zero-order valence-electron chi connectivity index (χ0n) is 17.4. The minimum atomic E-state index is -0.316. The smallest absolute Gasteiger partial charge is 0.267 e. The lowest BCUT2D eigenvalue weighted by Gasteiger charge is -2.14. The van der Waals surface area contributed by atoms with Crippen molar-refractivity contribution in [3.63, 3.8) is 0 Å². The van der Waals surface area contributed by atoms with Crippen LogP contribution >= 0.6 is 0 Å². The third-order valence-corrected chi connectivity index (χ3v) is 5.26. The summed E-state index contributed by atoms with van der Waals surface area (Å²) in [7, 11) is 0. The highest BCUT2D eigenvalue weighted by atomic mass is 16.1. The Morgan fingerprint density at radius 3 is 2.66 bits per heavy atom. The van der Waals surface area contributed by atoms with Crippen molar-refractivity contribution >= 4 is 22.6 Å². The third kappa shape index (κ3) is 4.09. The van der Waals surface area contributed by atoms with Crippen molar-refractivity contribution in [1.82, 2.24) is 19.3 Å². The number of unbranched alkanes of at least 4 members (excludes halogenated alkanes) is 4. The first-order valence-corrected chi connectivity index (χ1v) is 10.4. The summed E-state index contributed by atoms with van der Waals surface area (Å²) in [5.41, 5.74) is 1.94. The van der Waals surface area contributed by atoms with Gasteiger partial charge in [-0.15, -0.1) is 0 Å². The average molecular weight is 396 g/mol. The van der Waals surface area contributed by atoms with Crippen molar-refractivity contribution < 1.29 is 4.79 Å². The van der Waals surface area contributed by atoms with Crippen LogP contribution in [0, 0.1) is 12.3 Å². The Hall–Kier alpha value is -2.96. The van der Waals surface area contributed by atoms with E-state index in [0.717, 1.165) is 24.8 Å². The molecule has 0 aliphatic heterocycles. The van der Waals surface area contributed by atoms with Crippen molar-refractivity contribution in [3.05, 3.63) is 51.4 Å². The van der Waals surface area contributed by atoms with Crippen molar-refractivity contribution in [2.75, 3.05) is 6.54 Å². The molecule has 0 radical (unpaired) electrons. The summed E-state index contributed by atoms with van der Waals surface area (Å²) in [6, 6.07) is 5.21. The Morgan fingerprint density at radius 1 is 1.17 bits per heavy atom. The summed E-state index contributed by atoms with van der Waals surface area (Å²) in [6.07, 6.45) is 7.21. The van der Waals surface area contributed by atoms with E-state index in [2.05, 4.69) is 17.2 Å². The maximum atomic E-state index is 13.1. The highest BCUT2D eigenvalue weighted by Crippen LogP contribution is 2.12. The molecule has 2 N–H and O–H groups in total. The summed E-state index contributed by atoms with van der Waals surface area (Å²) in [5, 5.41) is 11.8. The molecule has 0 aromatic carbocycles. The SMILES string of the molecule is CCCCCCCNC(=O)c1cc2c(=O)n3cccc(C)c3nc2n(CC)c1=N. The average Bonchev–Trinajstić information content (AvgIpc) is 2.71. The van der Waals surface area contributed by atoms with Crippen LogP contribution in [0.4, 0.5) is 0 Å². The van der Waals surface area contributed by atoms with E-state index in [1.807, 2.05) is 19.9 Å². The first kappa shape index (κ1) is 20.8. The molecule has 0 fully saturated rings. The maximum absolute atomic E-state index is 13.1. The van der Waals surface area contributed by atoms with Crippen molar-refractivity contribution in [1.29, 1.82) is 5.41 Å². The molecule has 3 aromatic heterocycles. The number of carbonyl (C=O) groups excluding carboxylic acids is 1. The standard InChI is InChI=1S/C22H29N5O2/c1-4-6-7-8-9-12-24-21(28)16-14-17-20(26(5-2)18(16)23)25-19-15(3)11-10-13-27(19)22(17)29/h10-11,13-14,23H,4-9,12H2,1-3H3,(H,24,28). The van der Waals surface area contributed by atoms with Gasteiger partial charge in [-0.25, -0.2) is 4.98 Å². The first-order valence-electron chi connectivity index (χ1n) is 10.4. The number of aryl methyl sites for hydroxylation is 2. The lowest BCUT2D eigenvalue weighted by atomic mass is 10.1. The fourth-order valence-corrected chi connectivity index (χ4v) is 3.60. The van der Waals surface area contributed by atoms with Gasteiger partial charge in [0.1, 0.15) is 16.8 Å². The van der Waals surface area contributed by atoms with Gasteiger partial charge in [0.05, 0.1) is 10.9 Å². The molecule has 154 valence electrons. The number of pyridine rings is 2. The van der Waals surface area contributed by atoms with Crippen LogP contribution in [0.15, 0.2) is 29.2 Å². The second-order valence-corrected chi connectivity index (χ2v) is 7.36. The zero-order chi connectivity index (χ0) is 21.0. The van der Waals surface area contributed by atoms with Crippen LogP contribution in [0.25, 0.3) is 16.7 Å². The molecule has 0 atom stereocenters. The summed E-state index contributed by atoms with van der Waals surface area (Å²) in [4.78, 5) is 30.4. The Bertz CT molecular complexity index is 1160. The summed E-state index contributed by atoms with van der Waals surface area (Å²) in [6.45, 7) is 6.96. The highest BCUT2D eigenvalue weighted by Gasteiger charge is 2.17. The van der Waals surface area contributed by atoms with Gasteiger partial charge >= 0.3 is 0 Å². The lowest BCUT2D eigenvalue weighted by molar-refractivity contribution is 0.0950. The van der Waals surface area contributed by atoms with Gasteiger partial charge in [-0.1, -0.05) is 38.7 Å². The summed E-state index contributed by atoms with van der Waals surface area (Å²) < 4.78 is 3.12. The third-order valence-electron chi connectivity index (χ3n) is 5.26. The molecule has 7 nitrogen and oxygen atoms in total. The van der Waals surface area contributed by atoms with E-state index in [1.165, 1.54) is 23.3 Å². The number of carbonyl (C=O) groups is 1. The second-order valence-electron chi connectivity index (χ2n) is 7.36. The van der Waals surface area contributed by atoms with Crippen molar-refractivity contribution in [2.24, 2.45) is 0 Å². The molecule has 3 aromatic rings. The zero-order valence-corrected chi connectivity index (χ0v) is 17.4. The molecule has 0 aliphatic rings. The fraction of sp³-hybridized carbons (Fsp3) is 0.455. The minimum Gasteiger partial charge on any atom is -0.352 e. The number of fused-ring (bicyclic) bond motifs is 2. The van der Waals surface area contributed by atoms with Gasteiger partial charge in [0.25, 0.3) is 11.5 Å². The van der Waals surface area contributed by atoms with Crippen LogP contribution < -0.4 is 16.4 Å². The molecule has 0 saturated carbocycles. The first-order chi connectivity index (χ1) is 14.0. The van der Waals surface area contributed by atoms with E-state index in [-0.39, 0.29) is 22.5 Å². The molecule has 0 spiro atoms. The normalized spacial score (nSPS) is 11.3. The van der Waals surface area contributed by atoms with Crippen LogP contribution in [-0.4, -0.2) is 26.4 Å². The Kier molecular flexibility index (Phi) is 6.46. The predicted molar refractivity (Wildman–Crippen MR) is 114 cm³/mol. The van der Waals surface area contributed by atoms with Gasteiger partial charge in [-0.3, -0.25) is 19.4 Å². The Labute approximate surface area is 169 Å². The predicted octanol–water partition coefficient (Wildman–Crippen LogP) is 3.16. The number of hydrogen-bond acceptors (Lipinski definition) is 4. The van der Waals surface area contributed by atoms with Crippen molar-refractivity contribution in [3.8, 4) is 0 Å². The van der Waals surface area contributed by atoms with Crippen LogP contribution in [0.2, 0.25) is 0 Å². The van der Waals surface area contributed by atoms with E-state index in [0.29, 0.717) is 29.8 Å². The van der Waals surface area contributed by atoms with E-state index >= 15 is 0 Å². The van der Waals surface area contributed by atoms with Gasteiger partial charge in [0.2, 0.25) is 0 Å². The van der Waals surface area contributed by atoms with Gasteiger partial charge in [-0.05, 0) is 38.0 Å². The number of rotatable bonds is 8. The molecule has 29 heavy (non-hydrogen) atoms. The Balaban J connectivity index is 2.01. The summed E-state index contributed by atoms with van der Waals surface area (Å²) in [5.74, 6) is -0.316. The molecule has 0 unspecified atom stereocenters. The molecular weight excluding hydrogens is 366 g/mol. The van der Waals surface area contributed by atoms with Gasteiger partial charge in [-0.2, -0.15) is 0 Å². The maximum Gasteiger partial charge on any atom is 0.267 e. The van der Waals surface area contributed by atoms with E-state index < -0.39 is 0 Å². The number of aromatic nitrogens is 3. The molecule has 7 heteroatoms. The number of hydrogen-bond donors (Lipinski definition) is 2. The molecular formula is C22H29N5O2.